The Labute approximate surface area is 128 Å². The van der Waals surface area contributed by atoms with Gasteiger partial charge in [-0.3, -0.25) is 0 Å². The zero-order valence-electron chi connectivity index (χ0n) is 10.6. The Bertz CT molecular complexity index is 752. The van der Waals surface area contributed by atoms with E-state index in [9.17, 15) is 0 Å². The average Bonchev–Trinajstić information content (AvgIpc) is 3.03. The van der Waals surface area contributed by atoms with Crippen molar-refractivity contribution < 1.29 is 4.52 Å². The van der Waals surface area contributed by atoms with E-state index in [1.165, 1.54) is 0 Å². The summed E-state index contributed by atoms with van der Waals surface area (Å²) in [4.78, 5) is 8.76. The van der Waals surface area contributed by atoms with E-state index < -0.39 is 0 Å². The lowest BCUT2D eigenvalue weighted by molar-refractivity contribution is 0.424. The van der Waals surface area contributed by atoms with Gasteiger partial charge in [0.05, 0.1) is 28.4 Å². The van der Waals surface area contributed by atoms with Gasteiger partial charge in [-0.1, -0.05) is 11.2 Å². The minimum absolute atomic E-state index is 0.422. The van der Waals surface area contributed by atoms with Gasteiger partial charge in [-0.15, -0.1) is 11.3 Å². The number of anilines is 1. The molecule has 2 heterocycles. The molecule has 2 aromatic heterocycles. The third-order valence-electron chi connectivity index (χ3n) is 2.76. The van der Waals surface area contributed by atoms with Crippen molar-refractivity contribution in [1.82, 2.24) is 15.1 Å². The number of benzene rings is 1. The summed E-state index contributed by atoms with van der Waals surface area (Å²) >= 11 is 4.99. The van der Waals surface area contributed by atoms with Gasteiger partial charge in [-0.2, -0.15) is 4.98 Å². The molecule has 3 rings (SSSR count). The molecule has 0 aliphatic rings. The number of nitrogens with zero attached hydrogens (tertiary/aromatic N) is 3. The van der Waals surface area contributed by atoms with Crippen molar-refractivity contribution in [2.45, 2.75) is 13.3 Å². The number of para-hydroxylation sites is 1. The molecular formula is C13H11BrN4OS. The molecule has 102 valence electrons. The van der Waals surface area contributed by atoms with Gasteiger partial charge in [-0.25, -0.2) is 4.98 Å². The van der Waals surface area contributed by atoms with Gasteiger partial charge in [0.15, 0.2) is 5.82 Å². The average molecular weight is 351 g/mol. The zero-order chi connectivity index (χ0) is 14.1. The lowest BCUT2D eigenvalue weighted by Gasteiger charge is -2.01. The van der Waals surface area contributed by atoms with Crippen LogP contribution in [0.2, 0.25) is 0 Å². The van der Waals surface area contributed by atoms with Crippen molar-refractivity contribution in [2.24, 2.45) is 0 Å². The molecule has 2 N–H and O–H groups in total. The molecule has 0 bridgehead atoms. The van der Waals surface area contributed by atoms with Crippen LogP contribution in [0.25, 0.3) is 11.5 Å². The van der Waals surface area contributed by atoms with Crippen LogP contribution in [0.4, 0.5) is 5.69 Å². The molecule has 7 heteroatoms. The van der Waals surface area contributed by atoms with E-state index in [0.717, 1.165) is 20.7 Å². The molecule has 1 aromatic carbocycles. The van der Waals surface area contributed by atoms with Crippen LogP contribution < -0.4 is 5.73 Å². The van der Waals surface area contributed by atoms with Crippen LogP contribution in [-0.4, -0.2) is 15.1 Å². The van der Waals surface area contributed by atoms with Crippen molar-refractivity contribution in [3.8, 4) is 11.5 Å². The summed E-state index contributed by atoms with van der Waals surface area (Å²) in [6.45, 7) is 1.97. The summed E-state index contributed by atoms with van der Waals surface area (Å²) in [5.74, 6) is 1.02. The summed E-state index contributed by atoms with van der Waals surface area (Å²) in [6.07, 6.45) is 0.557. The van der Waals surface area contributed by atoms with Gasteiger partial charge in [0.25, 0.3) is 5.89 Å². The fraction of sp³-hybridized carbons (Fsp3) is 0.154. The summed E-state index contributed by atoms with van der Waals surface area (Å²) in [5, 5.41) is 7.00. The number of rotatable bonds is 3. The van der Waals surface area contributed by atoms with Crippen molar-refractivity contribution in [3.63, 3.8) is 0 Å². The minimum atomic E-state index is 0.422. The maximum Gasteiger partial charge on any atom is 0.260 e. The normalized spacial score (nSPS) is 10.9. The maximum atomic E-state index is 5.99. The van der Waals surface area contributed by atoms with E-state index in [0.29, 0.717) is 23.8 Å². The van der Waals surface area contributed by atoms with Crippen molar-refractivity contribution in [3.05, 3.63) is 44.6 Å². The number of nitrogens with two attached hydrogens (primary N) is 1. The second-order valence-corrected chi connectivity index (χ2v) is 6.17. The van der Waals surface area contributed by atoms with Crippen LogP contribution in [-0.2, 0) is 6.42 Å². The molecule has 0 saturated carbocycles. The van der Waals surface area contributed by atoms with Gasteiger partial charge in [0, 0.05) is 9.85 Å². The lowest BCUT2D eigenvalue weighted by Crippen LogP contribution is -1.93. The van der Waals surface area contributed by atoms with Gasteiger partial charge < -0.3 is 10.3 Å². The molecule has 0 spiro atoms. The fourth-order valence-electron chi connectivity index (χ4n) is 1.81. The van der Waals surface area contributed by atoms with Crippen LogP contribution in [0.15, 0.2) is 32.6 Å². The number of nitrogen functional groups attached to an aromatic ring is 1. The highest BCUT2D eigenvalue weighted by molar-refractivity contribution is 9.10. The number of aryl methyl sites for hydroxylation is 1. The standard InChI is InChI=1S/C13H11BrN4OS/c1-7-16-8(6-20-7)5-11-17-13(19-18-11)9-3-2-4-10(14)12(9)15/h2-4,6H,5,15H2,1H3. The van der Waals surface area contributed by atoms with Gasteiger partial charge in [0.1, 0.15) is 0 Å². The Balaban J connectivity index is 1.88. The van der Waals surface area contributed by atoms with E-state index in [-0.39, 0.29) is 0 Å². The highest BCUT2D eigenvalue weighted by atomic mass is 79.9. The lowest BCUT2D eigenvalue weighted by atomic mass is 10.2. The first-order valence-corrected chi connectivity index (χ1v) is 7.58. The van der Waals surface area contributed by atoms with Crippen LogP contribution in [0.3, 0.4) is 0 Å². The van der Waals surface area contributed by atoms with Crippen LogP contribution in [0.5, 0.6) is 0 Å². The molecule has 0 amide bonds. The Morgan fingerprint density at radius 3 is 2.95 bits per heavy atom. The second-order valence-electron chi connectivity index (χ2n) is 4.25. The maximum absolute atomic E-state index is 5.99. The van der Waals surface area contributed by atoms with E-state index in [1.807, 2.05) is 30.5 Å². The predicted octanol–water partition coefficient (Wildman–Crippen LogP) is 3.44. The van der Waals surface area contributed by atoms with Crippen molar-refractivity contribution in [2.75, 3.05) is 5.73 Å². The van der Waals surface area contributed by atoms with Gasteiger partial charge in [-0.05, 0) is 35.0 Å². The SMILES string of the molecule is Cc1nc(Cc2noc(-c3cccc(Br)c3N)n2)cs1. The zero-order valence-corrected chi connectivity index (χ0v) is 13.0. The summed E-state index contributed by atoms with van der Waals surface area (Å²) in [5.41, 5.74) is 8.26. The predicted molar refractivity (Wildman–Crippen MR) is 81.5 cm³/mol. The quantitative estimate of drug-likeness (QED) is 0.732. The first kappa shape index (κ1) is 13.3. The number of hydrogen-bond donors (Lipinski definition) is 1. The summed E-state index contributed by atoms with van der Waals surface area (Å²) < 4.78 is 6.09. The van der Waals surface area contributed by atoms with E-state index >= 15 is 0 Å². The van der Waals surface area contributed by atoms with Crippen LogP contribution >= 0.6 is 27.3 Å². The molecule has 3 aromatic rings. The third-order valence-corrected chi connectivity index (χ3v) is 4.27. The van der Waals surface area contributed by atoms with Crippen molar-refractivity contribution >= 4 is 33.0 Å². The molecule has 0 radical (unpaired) electrons. The first-order chi connectivity index (χ1) is 9.63. The molecule has 0 aliphatic heterocycles. The number of aromatic nitrogens is 3. The second kappa shape index (κ2) is 5.34. The number of thiazole rings is 1. The monoisotopic (exact) mass is 350 g/mol. The summed E-state index contributed by atoms with van der Waals surface area (Å²) in [7, 11) is 0. The Hall–Kier alpha value is -1.73. The Morgan fingerprint density at radius 1 is 1.35 bits per heavy atom. The minimum Gasteiger partial charge on any atom is -0.397 e. The smallest absolute Gasteiger partial charge is 0.260 e. The molecule has 0 saturated heterocycles. The van der Waals surface area contributed by atoms with Crippen LogP contribution in [0, 0.1) is 6.92 Å². The summed E-state index contributed by atoms with van der Waals surface area (Å²) in [6, 6.07) is 5.60. The highest BCUT2D eigenvalue weighted by Crippen LogP contribution is 2.30. The molecular weight excluding hydrogens is 340 g/mol. The molecule has 0 aliphatic carbocycles. The Kier molecular flexibility index (Phi) is 3.54. The topological polar surface area (TPSA) is 77.8 Å². The van der Waals surface area contributed by atoms with Gasteiger partial charge in [0.2, 0.25) is 0 Å². The van der Waals surface area contributed by atoms with Crippen molar-refractivity contribution in [1.29, 1.82) is 0 Å². The molecule has 5 nitrogen and oxygen atoms in total. The number of hydrogen-bond acceptors (Lipinski definition) is 6. The van der Waals surface area contributed by atoms with Gasteiger partial charge >= 0.3 is 0 Å². The van der Waals surface area contributed by atoms with Crippen LogP contribution in [0.1, 0.15) is 16.5 Å². The fourth-order valence-corrected chi connectivity index (χ4v) is 2.79. The molecule has 20 heavy (non-hydrogen) atoms. The van der Waals surface area contributed by atoms with E-state index in [1.54, 1.807) is 11.3 Å². The largest absolute Gasteiger partial charge is 0.397 e. The number of halogens is 1. The van der Waals surface area contributed by atoms with E-state index in [2.05, 4.69) is 31.1 Å². The third kappa shape index (κ3) is 2.59. The molecule has 0 unspecified atom stereocenters. The highest BCUT2D eigenvalue weighted by Gasteiger charge is 2.14. The first-order valence-electron chi connectivity index (χ1n) is 5.91. The Morgan fingerprint density at radius 2 is 2.20 bits per heavy atom. The van der Waals surface area contributed by atoms with E-state index in [4.69, 9.17) is 10.3 Å². The molecule has 0 atom stereocenters. The molecule has 0 fully saturated rings.